The summed E-state index contributed by atoms with van der Waals surface area (Å²) >= 11 is 0. The molecule has 49 valence electrons. The maximum atomic E-state index is 5.14. The van der Waals surface area contributed by atoms with Crippen LogP contribution < -0.4 is 5.46 Å². The van der Waals surface area contributed by atoms with Gasteiger partial charge in [-0.1, -0.05) is 23.8 Å². The highest BCUT2D eigenvalue weighted by atomic mass is 16.4. The zero-order valence-corrected chi connectivity index (χ0v) is 5.92. The van der Waals surface area contributed by atoms with Gasteiger partial charge in [0, 0.05) is 0 Å². The van der Waals surface area contributed by atoms with Crippen molar-refractivity contribution in [2.45, 2.75) is 13.5 Å². The Morgan fingerprint density at radius 3 is 3.30 bits per heavy atom. The number of fused-ring (bicyclic) bond motifs is 1. The smallest absolute Gasteiger partial charge is 0.330 e. The SMILES string of the molecule is Cc1ccc2c(c1)CO[B]2. The maximum absolute atomic E-state index is 5.14. The first kappa shape index (κ1) is 5.99. The van der Waals surface area contributed by atoms with Crippen molar-refractivity contribution >= 4 is 12.9 Å². The summed E-state index contributed by atoms with van der Waals surface area (Å²) in [4.78, 5) is 0. The molecule has 1 nitrogen and oxygen atoms in total. The number of rotatable bonds is 0. The highest BCUT2D eigenvalue weighted by molar-refractivity contribution is 6.48. The number of benzene rings is 1. The van der Waals surface area contributed by atoms with Crippen molar-refractivity contribution in [3.8, 4) is 0 Å². The van der Waals surface area contributed by atoms with Gasteiger partial charge in [0.25, 0.3) is 0 Å². The van der Waals surface area contributed by atoms with Crippen LogP contribution in [0.2, 0.25) is 0 Å². The van der Waals surface area contributed by atoms with E-state index >= 15 is 0 Å². The zero-order valence-electron chi connectivity index (χ0n) is 5.92. The molecule has 0 aromatic heterocycles. The standard InChI is InChI=1S/C8H8BO/c1-6-2-3-8-7(4-6)5-10-9-8/h2-4H,5H2,1H3. The minimum absolute atomic E-state index is 0.747. The average molecular weight is 131 g/mol. The Bertz CT molecular complexity index is 257. The van der Waals surface area contributed by atoms with E-state index in [-0.39, 0.29) is 0 Å². The minimum Gasteiger partial charge on any atom is -0.430 e. The summed E-state index contributed by atoms with van der Waals surface area (Å²) in [6, 6.07) is 6.36. The van der Waals surface area contributed by atoms with Gasteiger partial charge in [-0.3, -0.25) is 0 Å². The third-order valence-corrected chi connectivity index (χ3v) is 1.75. The molecule has 0 saturated heterocycles. The minimum atomic E-state index is 0.747. The molecule has 1 aromatic rings. The van der Waals surface area contributed by atoms with Crippen molar-refractivity contribution < 1.29 is 4.65 Å². The molecule has 2 rings (SSSR count). The second-order valence-corrected chi connectivity index (χ2v) is 2.63. The van der Waals surface area contributed by atoms with E-state index in [0.717, 1.165) is 6.61 Å². The van der Waals surface area contributed by atoms with Gasteiger partial charge in [0.05, 0.1) is 6.61 Å². The fourth-order valence-electron chi connectivity index (χ4n) is 1.20. The van der Waals surface area contributed by atoms with E-state index in [9.17, 15) is 0 Å². The molecule has 0 atom stereocenters. The lowest BCUT2D eigenvalue weighted by atomic mass is 9.87. The lowest BCUT2D eigenvalue weighted by molar-refractivity contribution is 0.345. The summed E-state index contributed by atoms with van der Waals surface area (Å²) in [5.41, 5.74) is 3.84. The molecule has 0 spiro atoms. The van der Waals surface area contributed by atoms with Gasteiger partial charge < -0.3 is 4.65 Å². The van der Waals surface area contributed by atoms with Gasteiger partial charge in [-0.2, -0.15) is 0 Å². The summed E-state index contributed by atoms with van der Waals surface area (Å²) in [6.07, 6.45) is 0. The first-order valence-electron chi connectivity index (χ1n) is 3.40. The molecule has 1 aromatic carbocycles. The zero-order chi connectivity index (χ0) is 6.97. The van der Waals surface area contributed by atoms with Crippen molar-refractivity contribution in [3.05, 3.63) is 29.3 Å². The van der Waals surface area contributed by atoms with Gasteiger partial charge in [0.15, 0.2) is 0 Å². The van der Waals surface area contributed by atoms with Crippen LogP contribution in [0.4, 0.5) is 0 Å². The second kappa shape index (κ2) is 2.13. The van der Waals surface area contributed by atoms with Crippen LogP contribution in [0.1, 0.15) is 11.1 Å². The van der Waals surface area contributed by atoms with Crippen LogP contribution in [0.5, 0.6) is 0 Å². The highest BCUT2D eigenvalue weighted by Gasteiger charge is 2.11. The van der Waals surface area contributed by atoms with Crippen LogP contribution in [0.25, 0.3) is 0 Å². The van der Waals surface area contributed by atoms with E-state index in [0.29, 0.717) is 0 Å². The molecule has 0 N–H and O–H groups in total. The first-order valence-corrected chi connectivity index (χ1v) is 3.40. The average Bonchev–Trinajstić information content (AvgIpc) is 2.33. The Morgan fingerprint density at radius 1 is 1.50 bits per heavy atom. The third kappa shape index (κ3) is 0.849. The Kier molecular flexibility index (Phi) is 1.28. The summed E-state index contributed by atoms with van der Waals surface area (Å²) < 4.78 is 5.14. The lowest BCUT2D eigenvalue weighted by Gasteiger charge is -1.96. The van der Waals surface area contributed by atoms with E-state index < -0.39 is 0 Å². The lowest BCUT2D eigenvalue weighted by Crippen LogP contribution is -2.10. The molecule has 1 heterocycles. The van der Waals surface area contributed by atoms with Crippen LogP contribution in [0.3, 0.4) is 0 Å². The summed E-state index contributed by atoms with van der Waals surface area (Å²) in [7, 11) is 1.81. The predicted molar refractivity (Wildman–Crippen MR) is 41.4 cm³/mol. The van der Waals surface area contributed by atoms with Gasteiger partial charge in [-0.15, -0.1) is 0 Å². The molecule has 0 unspecified atom stereocenters. The maximum Gasteiger partial charge on any atom is 0.330 e. The molecular weight excluding hydrogens is 123 g/mol. The summed E-state index contributed by atoms with van der Waals surface area (Å²) in [6.45, 7) is 2.84. The Morgan fingerprint density at radius 2 is 2.40 bits per heavy atom. The molecule has 2 heteroatoms. The molecule has 0 aliphatic carbocycles. The number of hydrogen-bond acceptors (Lipinski definition) is 1. The fraction of sp³-hybridized carbons (Fsp3) is 0.250. The van der Waals surface area contributed by atoms with Crippen molar-refractivity contribution in [3.63, 3.8) is 0 Å². The molecule has 0 amide bonds. The van der Waals surface area contributed by atoms with Gasteiger partial charge in [0.2, 0.25) is 0 Å². The number of aryl methyl sites for hydroxylation is 1. The largest absolute Gasteiger partial charge is 0.430 e. The van der Waals surface area contributed by atoms with Crippen LogP contribution in [-0.2, 0) is 11.3 Å². The van der Waals surface area contributed by atoms with Crippen LogP contribution in [0, 0.1) is 6.92 Å². The van der Waals surface area contributed by atoms with E-state index in [2.05, 4.69) is 25.1 Å². The van der Waals surface area contributed by atoms with Gasteiger partial charge in [-0.05, 0) is 17.9 Å². The highest BCUT2D eigenvalue weighted by Crippen LogP contribution is 2.07. The fourth-order valence-corrected chi connectivity index (χ4v) is 1.20. The quantitative estimate of drug-likeness (QED) is 0.472. The third-order valence-electron chi connectivity index (χ3n) is 1.75. The van der Waals surface area contributed by atoms with E-state index in [4.69, 9.17) is 4.65 Å². The van der Waals surface area contributed by atoms with Gasteiger partial charge in [-0.25, -0.2) is 0 Å². The molecule has 0 saturated carbocycles. The molecule has 10 heavy (non-hydrogen) atoms. The Hall–Kier alpha value is -0.755. The first-order chi connectivity index (χ1) is 4.86. The molecule has 1 aliphatic rings. The van der Waals surface area contributed by atoms with E-state index in [1.807, 2.05) is 7.48 Å². The molecule has 0 bridgehead atoms. The van der Waals surface area contributed by atoms with Gasteiger partial charge >= 0.3 is 7.48 Å². The van der Waals surface area contributed by atoms with Crippen molar-refractivity contribution in [2.75, 3.05) is 0 Å². The van der Waals surface area contributed by atoms with Crippen LogP contribution in [0.15, 0.2) is 18.2 Å². The summed E-state index contributed by atoms with van der Waals surface area (Å²) in [5.74, 6) is 0. The predicted octanol–water partition coefficient (Wildman–Crippen LogP) is 0.770. The van der Waals surface area contributed by atoms with Crippen LogP contribution in [-0.4, -0.2) is 7.48 Å². The topological polar surface area (TPSA) is 9.23 Å². The van der Waals surface area contributed by atoms with Crippen molar-refractivity contribution in [2.24, 2.45) is 0 Å². The normalized spacial score (nSPS) is 14.5. The second-order valence-electron chi connectivity index (χ2n) is 2.63. The molecule has 1 aliphatic heterocycles. The monoisotopic (exact) mass is 131 g/mol. The van der Waals surface area contributed by atoms with Gasteiger partial charge in [0.1, 0.15) is 0 Å². The molecule has 1 radical (unpaired) electrons. The molecule has 0 fully saturated rings. The van der Waals surface area contributed by atoms with Crippen molar-refractivity contribution in [1.82, 2.24) is 0 Å². The Balaban J connectivity index is 2.52. The Labute approximate surface area is 61.3 Å². The molecular formula is C8H8BO. The number of hydrogen-bond donors (Lipinski definition) is 0. The van der Waals surface area contributed by atoms with Crippen molar-refractivity contribution in [1.29, 1.82) is 0 Å². The van der Waals surface area contributed by atoms with E-state index in [1.165, 1.54) is 16.6 Å². The van der Waals surface area contributed by atoms with Crippen LogP contribution >= 0.6 is 0 Å². The summed E-state index contributed by atoms with van der Waals surface area (Å²) in [5, 5.41) is 0. The van der Waals surface area contributed by atoms with E-state index in [1.54, 1.807) is 0 Å².